The number of benzene rings is 1. The number of hydrogen-bond donors (Lipinski definition) is 2. The van der Waals surface area contributed by atoms with Crippen LogP contribution in [0.25, 0.3) is 0 Å². The second-order valence-corrected chi connectivity index (χ2v) is 5.79. The Labute approximate surface area is 124 Å². The minimum atomic E-state index is -4.05. The van der Waals surface area contributed by atoms with Gasteiger partial charge in [-0.05, 0) is 44.5 Å². The second kappa shape index (κ2) is 7.27. The standard InChI is InChI=1S/C16H23F3N2/c17-16(18,19)7-4-10-21-13-15(8-11-20-12-9-15)14-5-2-1-3-6-14/h1-3,5-6,20-21H,4,7-13H2. The lowest BCUT2D eigenvalue weighted by atomic mass is 9.73. The molecule has 1 saturated heterocycles. The van der Waals surface area contributed by atoms with Crippen molar-refractivity contribution in [1.29, 1.82) is 0 Å². The van der Waals surface area contributed by atoms with E-state index in [9.17, 15) is 13.2 Å². The van der Waals surface area contributed by atoms with E-state index in [1.165, 1.54) is 5.56 Å². The van der Waals surface area contributed by atoms with Crippen LogP contribution < -0.4 is 10.6 Å². The van der Waals surface area contributed by atoms with Crippen molar-refractivity contribution in [3.63, 3.8) is 0 Å². The fourth-order valence-electron chi connectivity index (χ4n) is 3.01. The van der Waals surface area contributed by atoms with Crippen LogP contribution >= 0.6 is 0 Å². The van der Waals surface area contributed by atoms with E-state index in [1.54, 1.807) is 0 Å². The molecule has 2 N–H and O–H groups in total. The average molecular weight is 300 g/mol. The van der Waals surface area contributed by atoms with Crippen molar-refractivity contribution in [2.75, 3.05) is 26.2 Å². The second-order valence-electron chi connectivity index (χ2n) is 5.79. The SMILES string of the molecule is FC(F)(F)CCCNCC1(c2ccccc2)CCNCC1. The van der Waals surface area contributed by atoms with Gasteiger partial charge in [-0.25, -0.2) is 0 Å². The van der Waals surface area contributed by atoms with Gasteiger partial charge in [0.25, 0.3) is 0 Å². The van der Waals surface area contributed by atoms with E-state index >= 15 is 0 Å². The van der Waals surface area contributed by atoms with Gasteiger partial charge in [-0.3, -0.25) is 0 Å². The summed E-state index contributed by atoms with van der Waals surface area (Å²) < 4.78 is 36.4. The monoisotopic (exact) mass is 300 g/mol. The topological polar surface area (TPSA) is 24.1 Å². The fourth-order valence-corrected chi connectivity index (χ4v) is 3.01. The van der Waals surface area contributed by atoms with Crippen LogP contribution in [0.15, 0.2) is 30.3 Å². The van der Waals surface area contributed by atoms with E-state index in [4.69, 9.17) is 0 Å². The lowest BCUT2D eigenvalue weighted by Gasteiger charge is -2.38. The molecule has 0 bridgehead atoms. The summed E-state index contributed by atoms with van der Waals surface area (Å²) in [6.45, 7) is 3.08. The minimum Gasteiger partial charge on any atom is -0.317 e. The summed E-state index contributed by atoms with van der Waals surface area (Å²) in [7, 11) is 0. The van der Waals surface area contributed by atoms with Crippen LogP contribution in [0.1, 0.15) is 31.2 Å². The predicted octanol–water partition coefficient (Wildman–Crippen LogP) is 3.24. The van der Waals surface area contributed by atoms with E-state index in [2.05, 4.69) is 22.8 Å². The van der Waals surface area contributed by atoms with Crippen molar-refractivity contribution in [3.05, 3.63) is 35.9 Å². The Balaban J connectivity index is 1.89. The van der Waals surface area contributed by atoms with E-state index in [0.717, 1.165) is 32.5 Å². The molecule has 0 amide bonds. The van der Waals surface area contributed by atoms with Gasteiger partial charge in [0, 0.05) is 18.4 Å². The van der Waals surface area contributed by atoms with Gasteiger partial charge in [0.2, 0.25) is 0 Å². The first-order valence-electron chi connectivity index (χ1n) is 7.56. The Hall–Kier alpha value is -1.07. The molecular weight excluding hydrogens is 277 g/mol. The summed E-state index contributed by atoms with van der Waals surface area (Å²) >= 11 is 0. The first-order chi connectivity index (χ1) is 10.0. The fraction of sp³-hybridized carbons (Fsp3) is 0.625. The highest BCUT2D eigenvalue weighted by Gasteiger charge is 2.33. The Morgan fingerprint density at radius 3 is 2.38 bits per heavy atom. The summed E-state index contributed by atoms with van der Waals surface area (Å²) in [5, 5.41) is 6.59. The molecule has 0 radical (unpaired) electrons. The molecule has 0 spiro atoms. The molecule has 1 aromatic carbocycles. The van der Waals surface area contributed by atoms with Gasteiger partial charge in [0.1, 0.15) is 0 Å². The molecular formula is C16H23F3N2. The summed E-state index contributed by atoms with van der Waals surface area (Å²) in [6, 6.07) is 10.3. The molecule has 0 aliphatic carbocycles. The molecule has 0 saturated carbocycles. The zero-order valence-electron chi connectivity index (χ0n) is 12.2. The number of hydrogen-bond acceptors (Lipinski definition) is 2. The van der Waals surface area contributed by atoms with Crippen molar-refractivity contribution < 1.29 is 13.2 Å². The van der Waals surface area contributed by atoms with Crippen molar-refractivity contribution in [3.8, 4) is 0 Å². The molecule has 21 heavy (non-hydrogen) atoms. The van der Waals surface area contributed by atoms with E-state index in [1.807, 2.05) is 18.2 Å². The zero-order valence-corrected chi connectivity index (χ0v) is 12.2. The number of piperidine rings is 1. The van der Waals surface area contributed by atoms with Gasteiger partial charge in [0.15, 0.2) is 0 Å². The molecule has 118 valence electrons. The zero-order chi connectivity index (χ0) is 15.2. The summed E-state index contributed by atoms with van der Waals surface area (Å²) in [5.41, 5.74) is 1.33. The van der Waals surface area contributed by atoms with Crippen LogP contribution in [-0.4, -0.2) is 32.4 Å². The van der Waals surface area contributed by atoms with Crippen molar-refractivity contribution in [2.45, 2.75) is 37.3 Å². The Morgan fingerprint density at radius 2 is 1.76 bits per heavy atom. The van der Waals surface area contributed by atoms with Crippen LogP contribution in [0.4, 0.5) is 13.2 Å². The maximum Gasteiger partial charge on any atom is 0.389 e. The highest BCUT2D eigenvalue weighted by Crippen LogP contribution is 2.32. The van der Waals surface area contributed by atoms with Crippen LogP contribution in [0.3, 0.4) is 0 Å². The molecule has 1 fully saturated rings. The number of rotatable bonds is 6. The number of alkyl halides is 3. The first-order valence-corrected chi connectivity index (χ1v) is 7.56. The van der Waals surface area contributed by atoms with Gasteiger partial charge >= 0.3 is 6.18 Å². The quantitative estimate of drug-likeness (QED) is 0.788. The first kappa shape index (κ1) is 16.3. The molecule has 0 unspecified atom stereocenters. The Kier molecular flexibility index (Phi) is 5.65. The third-order valence-corrected chi connectivity index (χ3v) is 4.22. The Morgan fingerprint density at radius 1 is 1.10 bits per heavy atom. The van der Waals surface area contributed by atoms with Crippen LogP contribution in [0, 0.1) is 0 Å². The number of nitrogens with one attached hydrogen (secondary N) is 2. The van der Waals surface area contributed by atoms with Crippen LogP contribution in [-0.2, 0) is 5.41 Å². The molecule has 1 heterocycles. The molecule has 5 heteroatoms. The largest absolute Gasteiger partial charge is 0.389 e. The smallest absolute Gasteiger partial charge is 0.317 e. The highest BCUT2D eigenvalue weighted by molar-refractivity contribution is 5.27. The van der Waals surface area contributed by atoms with Crippen LogP contribution in [0.2, 0.25) is 0 Å². The molecule has 1 aliphatic rings. The number of halogens is 3. The molecule has 1 aromatic rings. The third kappa shape index (κ3) is 5.00. The third-order valence-electron chi connectivity index (χ3n) is 4.22. The lowest BCUT2D eigenvalue weighted by molar-refractivity contribution is -0.135. The Bertz CT molecular complexity index is 411. The summed E-state index contributed by atoms with van der Waals surface area (Å²) in [5.74, 6) is 0. The van der Waals surface area contributed by atoms with Gasteiger partial charge in [-0.15, -0.1) is 0 Å². The van der Waals surface area contributed by atoms with Gasteiger partial charge in [-0.2, -0.15) is 13.2 Å². The van der Waals surface area contributed by atoms with E-state index in [0.29, 0.717) is 6.54 Å². The normalized spacial score (nSPS) is 18.6. The van der Waals surface area contributed by atoms with Gasteiger partial charge in [0.05, 0.1) is 0 Å². The summed E-state index contributed by atoms with van der Waals surface area (Å²) in [4.78, 5) is 0. The van der Waals surface area contributed by atoms with Crippen molar-refractivity contribution >= 4 is 0 Å². The highest BCUT2D eigenvalue weighted by atomic mass is 19.4. The molecule has 0 atom stereocenters. The molecule has 2 rings (SSSR count). The minimum absolute atomic E-state index is 0.0464. The van der Waals surface area contributed by atoms with Gasteiger partial charge < -0.3 is 10.6 Å². The van der Waals surface area contributed by atoms with Crippen molar-refractivity contribution in [1.82, 2.24) is 10.6 Å². The molecule has 2 nitrogen and oxygen atoms in total. The molecule has 0 aromatic heterocycles. The van der Waals surface area contributed by atoms with Gasteiger partial charge in [-0.1, -0.05) is 30.3 Å². The molecule has 1 aliphatic heterocycles. The van der Waals surface area contributed by atoms with Crippen molar-refractivity contribution in [2.24, 2.45) is 0 Å². The van der Waals surface area contributed by atoms with E-state index < -0.39 is 12.6 Å². The maximum atomic E-state index is 12.1. The lowest BCUT2D eigenvalue weighted by Crippen LogP contribution is -2.46. The van der Waals surface area contributed by atoms with Crippen LogP contribution in [0.5, 0.6) is 0 Å². The maximum absolute atomic E-state index is 12.1. The predicted molar refractivity (Wildman–Crippen MR) is 78.4 cm³/mol. The van der Waals surface area contributed by atoms with E-state index in [-0.39, 0.29) is 11.8 Å². The average Bonchev–Trinajstić information content (AvgIpc) is 2.48. The summed E-state index contributed by atoms with van der Waals surface area (Å²) in [6.07, 6.45) is -2.58.